The third kappa shape index (κ3) is 4.79. The van der Waals surface area contributed by atoms with Crippen molar-refractivity contribution >= 4 is 17.6 Å². The van der Waals surface area contributed by atoms with Crippen molar-refractivity contribution < 1.29 is 9.90 Å². The highest BCUT2D eigenvalue weighted by Gasteiger charge is 2.23. The predicted octanol–water partition coefficient (Wildman–Crippen LogP) is 5.71. The van der Waals surface area contributed by atoms with E-state index >= 15 is 0 Å². The molecular weight excluding hydrogens is 372 g/mol. The first-order valence-corrected chi connectivity index (χ1v) is 10.8. The van der Waals surface area contributed by atoms with Gasteiger partial charge in [-0.3, -0.25) is 0 Å². The molecule has 0 unspecified atom stereocenters. The SMILES string of the molecule is Cc1c(CNC2CCCCCCC2)c(C(=O)O)c(C)n1Cc1ccccc1Cl. The number of nitrogens with one attached hydrogen (secondary N) is 1. The number of carbonyl (C=O) groups is 1. The summed E-state index contributed by atoms with van der Waals surface area (Å²) in [5.41, 5.74) is 4.14. The average Bonchev–Trinajstić information content (AvgIpc) is 2.87. The van der Waals surface area contributed by atoms with Crippen LogP contribution in [0.15, 0.2) is 24.3 Å². The van der Waals surface area contributed by atoms with Crippen LogP contribution in [0.5, 0.6) is 0 Å². The number of carboxylic acids is 1. The molecule has 0 radical (unpaired) electrons. The quantitative estimate of drug-likeness (QED) is 0.650. The van der Waals surface area contributed by atoms with Crippen LogP contribution in [0, 0.1) is 13.8 Å². The molecule has 0 saturated heterocycles. The summed E-state index contributed by atoms with van der Waals surface area (Å²) in [7, 11) is 0. The summed E-state index contributed by atoms with van der Waals surface area (Å²) in [4.78, 5) is 12.0. The first-order valence-electron chi connectivity index (χ1n) is 10.4. The van der Waals surface area contributed by atoms with E-state index in [4.69, 9.17) is 11.6 Å². The molecule has 2 aromatic rings. The molecule has 152 valence electrons. The molecule has 28 heavy (non-hydrogen) atoms. The number of hydrogen-bond acceptors (Lipinski definition) is 2. The van der Waals surface area contributed by atoms with Gasteiger partial charge >= 0.3 is 5.97 Å². The van der Waals surface area contributed by atoms with E-state index in [0.717, 1.165) is 22.5 Å². The molecule has 0 aliphatic heterocycles. The van der Waals surface area contributed by atoms with E-state index in [9.17, 15) is 9.90 Å². The van der Waals surface area contributed by atoms with Crippen LogP contribution in [-0.2, 0) is 13.1 Å². The molecule has 1 saturated carbocycles. The molecule has 4 nitrogen and oxygen atoms in total. The third-order valence-corrected chi connectivity index (χ3v) is 6.45. The van der Waals surface area contributed by atoms with Crippen molar-refractivity contribution in [3.05, 3.63) is 57.4 Å². The number of carboxylic acid groups (broad SMARTS) is 1. The van der Waals surface area contributed by atoms with E-state index in [1.54, 1.807) is 0 Å². The Labute approximate surface area is 172 Å². The highest BCUT2D eigenvalue weighted by atomic mass is 35.5. The van der Waals surface area contributed by atoms with E-state index in [-0.39, 0.29) is 0 Å². The van der Waals surface area contributed by atoms with Crippen molar-refractivity contribution in [2.24, 2.45) is 0 Å². The predicted molar refractivity (Wildman–Crippen MR) is 114 cm³/mol. The van der Waals surface area contributed by atoms with Crippen molar-refractivity contribution in [1.82, 2.24) is 9.88 Å². The van der Waals surface area contributed by atoms with Gasteiger partial charge in [-0.15, -0.1) is 0 Å². The van der Waals surface area contributed by atoms with Crippen LogP contribution in [0.25, 0.3) is 0 Å². The molecule has 1 fully saturated rings. The Kier molecular flexibility index (Phi) is 7.19. The number of nitrogens with zero attached hydrogens (tertiary/aromatic N) is 1. The number of hydrogen-bond donors (Lipinski definition) is 2. The fourth-order valence-corrected chi connectivity index (χ4v) is 4.59. The zero-order valence-electron chi connectivity index (χ0n) is 16.9. The molecule has 2 N–H and O–H groups in total. The van der Waals surface area contributed by atoms with Gasteiger partial charge in [0.25, 0.3) is 0 Å². The van der Waals surface area contributed by atoms with Crippen molar-refractivity contribution in [1.29, 1.82) is 0 Å². The Balaban J connectivity index is 1.83. The number of aromatic nitrogens is 1. The molecule has 1 aliphatic carbocycles. The summed E-state index contributed by atoms with van der Waals surface area (Å²) in [5, 5.41) is 14.2. The van der Waals surface area contributed by atoms with Crippen molar-refractivity contribution in [2.45, 2.75) is 77.9 Å². The first-order chi connectivity index (χ1) is 13.5. The second kappa shape index (κ2) is 9.62. The number of halogens is 1. The maximum atomic E-state index is 12.0. The Morgan fingerprint density at radius 2 is 1.75 bits per heavy atom. The van der Waals surface area contributed by atoms with Gasteiger partial charge in [-0.05, 0) is 38.3 Å². The number of rotatable bonds is 6. The van der Waals surface area contributed by atoms with Gasteiger partial charge in [0.15, 0.2) is 0 Å². The molecule has 0 spiro atoms. The molecule has 3 rings (SSSR count). The number of benzene rings is 1. The summed E-state index contributed by atoms with van der Waals surface area (Å²) in [6.45, 7) is 5.10. The fourth-order valence-electron chi connectivity index (χ4n) is 4.39. The van der Waals surface area contributed by atoms with Gasteiger partial charge in [0, 0.05) is 41.1 Å². The Hall–Kier alpha value is -1.78. The van der Waals surface area contributed by atoms with E-state index in [1.165, 1.54) is 44.9 Å². The van der Waals surface area contributed by atoms with Crippen LogP contribution in [0.1, 0.15) is 77.8 Å². The van der Waals surface area contributed by atoms with Gasteiger partial charge in [0.05, 0.1) is 5.56 Å². The zero-order valence-corrected chi connectivity index (χ0v) is 17.7. The van der Waals surface area contributed by atoms with Gasteiger partial charge in [-0.2, -0.15) is 0 Å². The minimum atomic E-state index is -0.854. The van der Waals surface area contributed by atoms with Crippen molar-refractivity contribution in [3.63, 3.8) is 0 Å². The molecule has 0 bridgehead atoms. The summed E-state index contributed by atoms with van der Waals surface area (Å²) in [5.74, 6) is -0.854. The highest BCUT2D eigenvalue weighted by Crippen LogP contribution is 2.26. The largest absolute Gasteiger partial charge is 0.478 e. The van der Waals surface area contributed by atoms with Gasteiger partial charge in [0.2, 0.25) is 0 Å². The van der Waals surface area contributed by atoms with Gasteiger partial charge in [-0.1, -0.05) is 61.9 Å². The van der Waals surface area contributed by atoms with Gasteiger partial charge in [0.1, 0.15) is 0 Å². The maximum absolute atomic E-state index is 12.0. The fraction of sp³-hybridized carbons (Fsp3) is 0.522. The maximum Gasteiger partial charge on any atom is 0.337 e. The molecule has 5 heteroatoms. The zero-order chi connectivity index (χ0) is 20.1. The first kappa shape index (κ1) is 20.9. The van der Waals surface area contributed by atoms with Gasteiger partial charge < -0.3 is 15.0 Å². The monoisotopic (exact) mass is 402 g/mol. The van der Waals surface area contributed by atoms with E-state index in [2.05, 4.69) is 9.88 Å². The highest BCUT2D eigenvalue weighted by molar-refractivity contribution is 6.31. The Morgan fingerprint density at radius 1 is 1.11 bits per heavy atom. The minimum absolute atomic E-state index is 0.433. The van der Waals surface area contributed by atoms with Crippen LogP contribution in [0.3, 0.4) is 0 Å². The molecule has 0 atom stereocenters. The topological polar surface area (TPSA) is 54.3 Å². The Bertz CT molecular complexity index is 820. The lowest BCUT2D eigenvalue weighted by molar-refractivity contribution is 0.0694. The molecule has 1 aromatic carbocycles. The number of aromatic carboxylic acids is 1. The lowest BCUT2D eigenvalue weighted by Gasteiger charge is -2.21. The normalized spacial score (nSPS) is 16.0. The standard InChI is InChI=1S/C23H31ClN2O2/c1-16-20(14-25-19-11-6-4-3-5-7-12-19)22(23(27)28)17(2)26(16)15-18-10-8-9-13-21(18)24/h8-10,13,19,25H,3-7,11-12,14-15H2,1-2H3,(H,27,28). The van der Waals surface area contributed by atoms with Crippen LogP contribution in [0.2, 0.25) is 5.02 Å². The molecule has 0 amide bonds. The summed E-state index contributed by atoms with van der Waals surface area (Å²) in [6.07, 6.45) is 8.85. The second-order valence-corrected chi connectivity index (χ2v) is 8.34. The van der Waals surface area contributed by atoms with Crippen LogP contribution >= 0.6 is 11.6 Å². The van der Waals surface area contributed by atoms with Crippen molar-refractivity contribution in [3.8, 4) is 0 Å². The lowest BCUT2D eigenvalue weighted by Crippen LogP contribution is -2.30. The smallest absolute Gasteiger partial charge is 0.337 e. The van der Waals surface area contributed by atoms with Crippen LogP contribution in [-0.4, -0.2) is 21.7 Å². The minimum Gasteiger partial charge on any atom is -0.478 e. The van der Waals surface area contributed by atoms with E-state index in [0.29, 0.717) is 29.7 Å². The summed E-state index contributed by atoms with van der Waals surface area (Å²) in [6, 6.07) is 8.22. The molecule has 1 heterocycles. The van der Waals surface area contributed by atoms with Crippen molar-refractivity contribution in [2.75, 3.05) is 0 Å². The van der Waals surface area contributed by atoms with Crippen LogP contribution < -0.4 is 5.32 Å². The van der Waals surface area contributed by atoms with E-state index in [1.807, 2.05) is 38.1 Å². The molecule has 1 aliphatic rings. The summed E-state index contributed by atoms with van der Waals surface area (Å²) >= 11 is 6.34. The second-order valence-electron chi connectivity index (χ2n) is 7.93. The average molecular weight is 403 g/mol. The summed E-state index contributed by atoms with van der Waals surface area (Å²) < 4.78 is 2.08. The Morgan fingerprint density at radius 3 is 2.39 bits per heavy atom. The van der Waals surface area contributed by atoms with Crippen LogP contribution in [0.4, 0.5) is 0 Å². The molecular formula is C23H31ClN2O2. The third-order valence-electron chi connectivity index (χ3n) is 6.08. The van der Waals surface area contributed by atoms with E-state index < -0.39 is 5.97 Å². The lowest BCUT2D eigenvalue weighted by atomic mass is 9.96. The van der Waals surface area contributed by atoms with Gasteiger partial charge in [-0.25, -0.2) is 4.79 Å². The molecule has 1 aromatic heterocycles.